The molecule has 0 saturated carbocycles. The van der Waals surface area contributed by atoms with Crippen molar-refractivity contribution in [2.75, 3.05) is 6.54 Å². The summed E-state index contributed by atoms with van der Waals surface area (Å²) < 4.78 is 4.95. The van der Waals surface area contributed by atoms with E-state index in [-0.39, 0.29) is 5.54 Å². The number of fused-ring (bicyclic) bond motifs is 1. The van der Waals surface area contributed by atoms with Crippen LogP contribution in [0.25, 0.3) is 11.1 Å². The molecular formula is C13H19N3O2. The van der Waals surface area contributed by atoms with Gasteiger partial charge in [-0.25, -0.2) is 4.79 Å². The minimum absolute atomic E-state index is 0.146. The number of nitrogens with two attached hydrogens (primary N) is 1. The molecule has 0 saturated heterocycles. The van der Waals surface area contributed by atoms with Gasteiger partial charge < -0.3 is 15.5 Å². The predicted molar refractivity (Wildman–Crippen MR) is 71.4 cm³/mol. The largest absolute Gasteiger partial charge is 0.417 e. The SMILES string of the molecule is CC(C)(N)CCNCc1ccc2oc(=O)[nH]c2c1. The van der Waals surface area contributed by atoms with E-state index in [1.807, 2.05) is 26.0 Å². The molecule has 1 heterocycles. The van der Waals surface area contributed by atoms with Crippen molar-refractivity contribution in [1.29, 1.82) is 0 Å². The summed E-state index contributed by atoms with van der Waals surface area (Å²) in [6.07, 6.45) is 0.914. The predicted octanol–water partition coefficient (Wildman–Crippen LogP) is 1.34. The summed E-state index contributed by atoms with van der Waals surface area (Å²) in [5.74, 6) is -0.417. The molecule has 2 rings (SSSR count). The Hall–Kier alpha value is -1.59. The second-order valence-electron chi connectivity index (χ2n) is 5.26. The fourth-order valence-corrected chi connectivity index (χ4v) is 1.75. The standard InChI is InChI=1S/C13H19N3O2/c1-13(2,14)5-6-15-8-9-3-4-11-10(7-9)16-12(17)18-11/h3-4,7,15H,5-6,8,14H2,1-2H3,(H,16,17). The van der Waals surface area contributed by atoms with Gasteiger partial charge in [0.15, 0.2) is 5.58 Å². The van der Waals surface area contributed by atoms with Crippen LogP contribution in [0.3, 0.4) is 0 Å². The highest BCUT2D eigenvalue weighted by molar-refractivity contribution is 5.72. The Balaban J connectivity index is 1.93. The van der Waals surface area contributed by atoms with Gasteiger partial charge in [0.05, 0.1) is 5.52 Å². The smallest absolute Gasteiger partial charge is 0.408 e. The topological polar surface area (TPSA) is 84.0 Å². The van der Waals surface area contributed by atoms with E-state index in [0.717, 1.165) is 30.6 Å². The lowest BCUT2D eigenvalue weighted by atomic mass is 10.0. The van der Waals surface area contributed by atoms with E-state index in [1.165, 1.54) is 0 Å². The zero-order chi connectivity index (χ0) is 13.2. The van der Waals surface area contributed by atoms with Gasteiger partial charge in [-0.1, -0.05) is 6.07 Å². The summed E-state index contributed by atoms with van der Waals surface area (Å²) in [6.45, 7) is 5.64. The van der Waals surface area contributed by atoms with Crippen molar-refractivity contribution < 1.29 is 4.42 Å². The molecule has 4 N–H and O–H groups in total. The first-order valence-electron chi connectivity index (χ1n) is 6.05. The first-order valence-corrected chi connectivity index (χ1v) is 6.05. The third kappa shape index (κ3) is 3.45. The molecule has 1 aromatic carbocycles. The lowest BCUT2D eigenvalue weighted by Crippen LogP contribution is -2.35. The van der Waals surface area contributed by atoms with Crippen molar-refractivity contribution in [2.24, 2.45) is 5.73 Å². The van der Waals surface area contributed by atoms with Crippen molar-refractivity contribution >= 4 is 11.1 Å². The van der Waals surface area contributed by atoms with Gasteiger partial charge in [-0.3, -0.25) is 4.98 Å². The number of oxazole rings is 1. The van der Waals surface area contributed by atoms with E-state index >= 15 is 0 Å². The maximum absolute atomic E-state index is 11.0. The number of benzene rings is 1. The number of nitrogens with one attached hydrogen (secondary N) is 2. The van der Waals surface area contributed by atoms with Crippen LogP contribution in [0.5, 0.6) is 0 Å². The van der Waals surface area contributed by atoms with Crippen LogP contribution < -0.4 is 16.8 Å². The highest BCUT2D eigenvalue weighted by Gasteiger charge is 2.09. The van der Waals surface area contributed by atoms with Crippen LogP contribution in [0.15, 0.2) is 27.4 Å². The molecule has 0 unspecified atom stereocenters. The van der Waals surface area contributed by atoms with Crippen LogP contribution in [0.1, 0.15) is 25.8 Å². The maximum atomic E-state index is 11.0. The van der Waals surface area contributed by atoms with E-state index in [2.05, 4.69) is 10.3 Å². The van der Waals surface area contributed by atoms with Crippen LogP contribution in [-0.2, 0) is 6.54 Å². The zero-order valence-corrected chi connectivity index (χ0v) is 10.7. The Morgan fingerprint density at radius 1 is 1.44 bits per heavy atom. The normalized spacial score (nSPS) is 12.2. The van der Waals surface area contributed by atoms with Crippen molar-refractivity contribution in [2.45, 2.75) is 32.4 Å². The molecule has 0 fully saturated rings. The number of H-pyrrole nitrogens is 1. The van der Waals surface area contributed by atoms with Gasteiger partial charge in [0.25, 0.3) is 0 Å². The molecular weight excluding hydrogens is 230 g/mol. The fraction of sp³-hybridized carbons (Fsp3) is 0.462. The van der Waals surface area contributed by atoms with Gasteiger partial charge in [0.2, 0.25) is 0 Å². The Labute approximate surface area is 105 Å². The third-order valence-electron chi connectivity index (χ3n) is 2.76. The number of rotatable bonds is 5. The number of aromatic amines is 1. The molecule has 5 heteroatoms. The van der Waals surface area contributed by atoms with Gasteiger partial charge in [0.1, 0.15) is 0 Å². The molecule has 18 heavy (non-hydrogen) atoms. The number of hydrogen-bond acceptors (Lipinski definition) is 4. The molecule has 0 atom stereocenters. The number of aromatic nitrogens is 1. The quantitative estimate of drug-likeness (QED) is 0.698. The van der Waals surface area contributed by atoms with Crippen LogP contribution in [0.4, 0.5) is 0 Å². The van der Waals surface area contributed by atoms with Crippen LogP contribution in [0.2, 0.25) is 0 Å². The van der Waals surface area contributed by atoms with Crippen molar-refractivity contribution in [1.82, 2.24) is 10.3 Å². The lowest BCUT2D eigenvalue weighted by molar-refractivity contribution is 0.455. The Bertz CT molecular complexity index is 578. The van der Waals surface area contributed by atoms with E-state index in [4.69, 9.17) is 10.2 Å². The zero-order valence-electron chi connectivity index (χ0n) is 10.7. The highest BCUT2D eigenvalue weighted by atomic mass is 16.4. The van der Waals surface area contributed by atoms with Crippen LogP contribution in [0, 0.1) is 0 Å². The Morgan fingerprint density at radius 3 is 2.94 bits per heavy atom. The molecule has 0 amide bonds. The van der Waals surface area contributed by atoms with Crippen molar-refractivity contribution in [3.8, 4) is 0 Å². The van der Waals surface area contributed by atoms with Gasteiger partial charge in [-0.2, -0.15) is 0 Å². The highest BCUT2D eigenvalue weighted by Crippen LogP contribution is 2.12. The molecule has 0 aliphatic heterocycles. The van der Waals surface area contributed by atoms with Gasteiger partial charge in [-0.15, -0.1) is 0 Å². The molecule has 1 aromatic heterocycles. The Kier molecular flexibility index (Phi) is 3.54. The minimum Gasteiger partial charge on any atom is -0.408 e. The summed E-state index contributed by atoms with van der Waals surface area (Å²) in [4.78, 5) is 13.7. The average molecular weight is 249 g/mol. The molecule has 98 valence electrons. The van der Waals surface area contributed by atoms with Gasteiger partial charge >= 0.3 is 5.76 Å². The summed E-state index contributed by atoms with van der Waals surface area (Å²) in [5.41, 5.74) is 8.18. The minimum atomic E-state index is -0.417. The summed E-state index contributed by atoms with van der Waals surface area (Å²) in [5, 5.41) is 3.33. The first kappa shape index (κ1) is 12.9. The fourth-order valence-electron chi connectivity index (χ4n) is 1.75. The molecule has 0 aliphatic rings. The van der Waals surface area contributed by atoms with Gasteiger partial charge in [0, 0.05) is 12.1 Å². The summed E-state index contributed by atoms with van der Waals surface area (Å²) >= 11 is 0. The maximum Gasteiger partial charge on any atom is 0.417 e. The summed E-state index contributed by atoms with van der Waals surface area (Å²) in [7, 11) is 0. The molecule has 2 aromatic rings. The van der Waals surface area contributed by atoms with Crippen LogP contribution >= 0.6 is 0 Å². The van der Waals surface area contributed by atoms with Crippen molar-refractivity contribution in [3.63, 3.8) is 0 Å². The monoisotopic (exact) mass is 249 g/mol. The van der Waals surface area contributed by atoms with Crippen LogP contribution in [-0.4, -0.2) is 17.1 Å². The second-order valence-corrected chi connectivity index (χ2v) is 5.26. The first-order chi connectivity index (χ1) is 8.44. The number of hydrogen-bond donors (Lipinski definition) is 3. The molecule has 0 aliphatic carbocycles. The Morgan fingerprint density at radius 2 is 2.22 bits per heavy atom. The third-order valence-corrected chi connectivity index (χ3v) is 2.76. The van der Waals surface area contributed by atoms with E-state index in [1.54, 1.807) is 6.07 Å². The second kappa shape index (κ2) is 4.96. The van der Waals surface area contributed by atoms with E-state index in [0.29, 0.717) is 5.58 Å². The van der Waals surface area contributed by atoms with E-state index < -0.39 is 5.76 Å². The molecule has 0 bridgehead atoms. The van der Waals surface area contributed by atoms with E-state index in [9.17, 15) is 4.79 Å². The van der Waals surface area contributed by atoms with Crippen molar-refractivity contribution in [3.05, 3.63) is 34.3 Å². The molecule has 0 spiro atoms. The molecule has 5 nitrogen and oxygen atoms in total. The molecule has 0 radical (unpaired) electrons. The average Bonchev–Trinajstić information content (AvgIpc) is 2.62. The summed E-state index contributed by atoms with van der Waals surface area (Å²) in [6, 6.07) is 5.66. The van der Waals surface area contributed by atoms with Gasteiger partial charge in [-0.05, 0) is 44.5 Å². The lowest BCUT2D eigenvalue weighted by Gasteiger charge is -2.18.